The zero-order valence-corrected chi connectivity index (χ0v) is 4.33. The molecule has 0 rings (SSSR count). The van der Waals surface area contributed by atoms with E-state index in [-0.39, 0.29) is 56.9 Å². The normalized spacial score (nSPS) is 8.29. The van der Waals surface area contributed by atoms with Crippen LogP contribution in [0.4, 0.5) is 0 Å². The van der Waals surface area contributed by atoms with E-state index in [0.717, 1.165) is 0 Å². The predicted molar refractivity (Wildman–Crippen MR) is 31.3 cm³/mol. The van der Waals surface area contributed by atoms with Crippen LogP contribution in [-0.4, -0.2) is 69.8 Å². The van der Waals surface area contributed by atoms with Gasteiger partial charge in [0, 0.05) is 0 Å². The molecule has 42 valence electrons. The van der Waals surface area contributed by atoms with E-state index in [1.165, 1.54) is 0 Å². The van der Waals surface area contributed by atoms with E-state index in [1.54, 1.807) is 0 Å². The quantitative estimate of drug-likeness (QED) is 0.196. The van der Waals surface area contributed by atoms with E-state index >= 15 is 0 Å². The monoisotopic (exact) mass is 172 g/mol. The zero-order chi connectivity index (χ0) is 4.50. The first-order valence-corrected chi connectivity index (χ1v) is 3.19. The van der Waals surface area contributed by atoms with Crippen molar-refractivity contribution in [2.45, 2.75) is 0 Å². The molecule has 7 heteroatoms. The number of thiol groups is 1. The Kier molecular flexibility index (Phi) is 13.6. The zero-order valence-electron chi connectivity index (χ0n) is 2.62. The van der Waals surface area contributed by atoms with Crippen LogP contribution >= 0.6 is 11.7 Å². The van der Waals surface area contributed by atoms with E-state index in [0.29, 0.717) is 0 Å². The first-order chi connectivity index (χ1) is 2.00. The van der Waals surface area contributed by atoms with Crippen molar-refractivity contribution >= 4 is 72.2 Å². The first kappa shape index (κ1) is 15.9. The third-order valence-electron chi connectivity index (χ3n) is 0. The molecule has 0 atom stereocenters. The maximum atomic E-state index is 9.05. The van der Waals surface area contributed by atoms with Gasteiger partial charge in [-0.1, -0.05) is 0 Å². The second-order valence-electron chi connectivity index (χ2n) is 0.448. The SMILES string of the molecule is O.O=S(=O)(O)S.[KH]. The summed E-state index contributed by atoms with van der Waals surface area (Å²) in [5, 5.41) is 0. The fraction of sp³-hybridized carbons (Fsp3) is 0. The van der Waals surface area contributed by atoms with Gasteiger partial charge in [0.25, 0.3) is 0 Å². The fourth-order valence-electron chi connectivity index (χ4n) is 0. The van der Waals surface area contributed by atoms with Gasteiger partial charge < -0.3 is 5.48 Å². The fourth-order valence-corrected chi connectivity index (χ4v) is 0. The van der Waals surface area contributed by atoms with E-state index in [2.05, 4.69) is 11.7 Å². The standard InChI is InChI=1S/K.H2O3S2.H2O.H/c;1-5(2,3)4;;/h;(H2,1,2,3,4);1H2;. The summed E-state index contributed by atoms with van der Waals surface area (Å²) in [5.41, 5.74) is 0. The summed E-state index contributed by atoms with van der Waals surface area (Å²) in [4.78, 5) is 0. The van der Waals surface area contributed by atoms with Crippen molar-refractivity contribution in [2.24, 2.45) is 0 Å². The van der Waals surface area contributed by atoms with E-state index in [1.807, 2.05) is 0 Å². The van der Waals surface area contributed by atoms with Crippen LogP contribution in [0.15, 0.2) is 0 Å². The van der Waals surface area contributed by atoms with E-state index in [4.69, 9.17) is 13.0 Å². The van der Waals surface area contributed by atoms with Crippen LogP contribution in [0.5, 0.6) is 0 Å². The topological polar surface area (TPSA) is 85.9 Å². The number of hydrogen-bond donors (Lipinski definition) is 2. The summed E-state index contributed by atoms with van der Waals surface area (Å²) in [6, 6.07) is 0. The summed E-state index contributed by atoms with van der Waals surface area (Å²) in [7, 11) is -3.97. The Hall–Kier alpha value is 1.86. The molecule has 0 aromatic rings. The predicted octanol–water partition coefficient (Wildman–Crippen LogP) is -1.75. The molecule has 0 aliphatic heterocycles. The van der Waals surface area contributed by atoms with Gasteiger partial charge in [-0.2, -0.15) is 8.42 Å². The van der Waals surface area contributed by atoms with Gasteiger partial charge in [0.1, 0.15) is 0 Å². The molecular weight excluding hydrogens is 167 g/mol. The Balaban J connectivity index is -0.0000000800. The third-order valence-corrected chi connectivity index (χ3v) is 0. The molecule has 0 saturated carbocycles. The molecule has 3 N–H and O–H groups in total. The molecule has 0 heterocycles. The van der Waals surface area contributed by atoms with Gasteiger partial charge in [0.2, 0.25) is 0 Å². The molecule has 7 heavy (non-hydrogen) atoms. The molecule has 0 unspecified atom stereocenters. The van der Waals surface area contributed by atoms with Crippen LogP contribution in [0, 0.1) is 0 Å². The first-order valence-electron chi connectivity index (χ1n) is 0.698. The minimum atomic E-state index is -3.97. The van der Waals surface area contributed by atoms with E-state index < -0.39 is 9.15 Å². The van der Waals surface area contributed by atoms with Crippen LogP contribution < -0.4 is 0 Å². The molecular formula is H5KO4S2. The van der Waals surface area contributed by atoms with Crippen LogP contribution in [0.3, 0.4) is 0 Å². The molecule has 4 nitrogen and oxygen atoms in total. The molecule has 0 aromatic heterocycles. The summed E-state index contributed by atoms with van der Waals surface area (Å²) in [6.07, 6.45) is 0. The molecule has 0 saturated heterocycles. The van der Waals surface area contributed by atoms with Gasteiger partial charge in [0.05, 0.1) is 0 Å². The molecule has 0 fully saturated rings. The average molecular weight is 172 g/mol. The Bertz CT molecular complexity index is 92.9. The molecule has 0 aliphatic carbocycles. The number of hydrogen-bond acceptors (Lipinski definition) is 2. The van der Waals surface area contributed by atoms with Crippen molar-refractivity contribution in [3.05, 3.63) is 0 Å². The summed E-state index contributed by atoms with van der Waals surface area (Å²) in [5.74, 6) is 0. The van der Waals surface area contributed by atoms with Crippen LogP contribution in [0.25, 0.3) is 0 Å². The molecule has 0 radical (unpaired) electrons. The van der Waals surface area contributed by atoms with Crippen molar-refractivity contribution in [2.75, 3.05) is 0 Å². The van der Waals surface area contributed by atoms with Crippen LogP contribution in [0.1, 0.15) is 0 Å². The Labute approximate surface area is 89.0 Å². The van der Waals surface area contributed by atoms with Crippen molar-refractivity contribution in [3.8, 4) is 0 Å². The van der Waals surface area contributed by atoms with Gasteiger partial charge in [-0.05, 0) is 11.7 Å². The average Bonchev–Trinajstić information content (AvgIpc) is 0.722. The van der Waals surface area contributed by atoms with Gasteiger partial charge in [0.15, 0.2) is 0 Å². The Morgan fingerprint density at radius 2 is 1.43 bits per heavy atom. The van der Waals surface area contributed by atoms with Gasteiger partial charge in [-0.25, -0.2) is 0 Å². The molecule has 0 aromatic carbocycles. The minimum absolute atomic E-state index is 0. The van der Waals surface area contributed by atoms with Crippen molar-refractivity contribution in [3.63, 3.8) is 0 Å². The van der Waals surface area contributed by atoms with E-state index in [9.17, 15) is 0 Å². The van der Waals surface area contributed by atoms with Gasteiger partial charge >= 0.3 is 60.5 Å². The number of rotatable bonds is 0. The van der Waals surface area contributed by atoms with Crippen molar-refractivity contribution in [1.82, 2.24) is 0 Å². The summed E-state index contributed by atoms with van der Waals surface area (Å²) in [6.45, 7) is 0. The van der Waals surface area contributed by atoms with Crippen LogP contribution in [0.2, 0.25) is 0 Å². The van der Waals surface area contributed by atoms with Gasteiger partial charge in [-0.15, -0.1) is 0 Å². The van der Waals surface area contributed by atoms with Gasteiger partial charge in [-0.3, -0.25) is 4.55 Å². The van der Waals surface area contributed by atoms with Crippen LogP contribution in [-0.2, 0) is 9.15 Å². The maximum absolute atomic E-state index is 9.05. The molecule has 0 bridgehead atoms. The Morgan fingerprint density at radius 3 is 1.43 bits per heavy atom. The molecule has 0 spiro atoms. The summed E-state index contributed by atoms with van der Waals surface area (Å²) < 4.78 is 25.5. The molecule has 0 amide bonds. The van der Waals surface area contributed by atoms with Crippen molar-refractivity contribution < 1.29 is 18.4 Å². The summed E-state index contributed by atoms with van der Waals surface area (Å²) >= 11 is 2.65. The van der Waals surface area contributed by atoms with Crippen molar-refractivity contribution in [1.29, 1.82) is 0 Å². The molecule has 0 aliphatic rings. The second-order valence-corrected chi connectivity index (χ2v) is 2.73. The second kappa shape index (κ2) is 5.98. The third kappa shape index (κ3) is 78.2. The Morgan fingerprint density at radius 1 is 1.43 bits per heavy atom.